The topological polar surface area (TPSA) is 91.6 Å². The van der Waals surface area contributed by atoms with Crippen molar-refractivity contribution in [2.24, 2.45) is 0 Å². The normalized spacial score (nSPS) is 10.9. The van der Waals surface area contributed by atoms with Gasteiger partial charge in [-0.1, -0.05) is 24.3 Å². The number of aromatic nitrogens is 3. The minimum absolute atomic E-state index is 0.0524. The highest BCUT2D eigenvalue weighted by Gasteiger charge is 2.12. The number of hydrogen-bond donors (Lipinski definition) is 2. The van der Waals surface area contributed by atoms with Crippen molar-refractivity contribution in [2.45, 2.75) is 13.3 Å². The standard InChI is InChI=1S/C30H27FN6O2/c1-19-16-22(29(39)36(2)3)8-14-26(19)33-30-34-27-15-9-23(18-37(27)35-30)21-6-12-25(13-7-21)32-28(38)17-20-4-10-24(31)11-5-20/h4-16,18H,17H2,1-3H3,(H,32,38)(H,33,35). The third-order valence-electron chi connectivity index (χ3n) is 6.24. The van der Waals surface area contributed by atoms with Crippen LogP contribution in [0.15, 0.2) is 85.1 Å². The summed E-state index contributed by atoms with van der Waals surface area (Å²) in [4.78, 5) is 30.7. The fraction of sp³-hybridized carbons (Fsp3) is 0.133. The molecule has 0 unspecified atom stereocenters. The zero-order valence-electron chi connectivity index (χ0n) is 21.8. The van der Waals surface area contributed by atoms with Crippen LogP contribution in [0.2, 0.25) is 0 Å². The number of benzene rings is 3. The van der Waals surface area contributed by atoms with Gasteiger partial charge in [-0.2, -0.15) is 4.98 Å². The SMILES string of the molecule is Cc1cc(C(=O)N(C)C)ccc1Nc1nc2ccc(-c3ccc(NC(=O)Cc4ccc(F)cc4)cc3)cn2n1. The summed E-state index contributed by atoms with van der Waals surface area (Å²) in [7, 11) is 3.45. The van der Waals surface area contributed by atoms with Gasteiger partial charge in [-0.05, 0) is 78.2 Å². The summed E-state index contributed by atoms with van der Waals surface area (Å²) in [5.74, 6) is -0.109. The van der Waals surface area contributed by atoms with Gasteiger partial charge in [-0.25, -0.2) is 8.91 Å². The van der Waals surface area contributed by atoms with E-state index in [4.69, 9.17) is 0 Å². The first-order valence-corrected chi connectivity index (χ1v) is 12.4. The van der Waals surface area contributed by atoms with Crippen LogP contribution in [0.1, 0.15) is 21.5 Å². The lowest BCUT2D eigenvalue weighted by molar-refractivity contribution is -0.115. The number of amides is 2. The molecule has 2 aromatic heterocycles. The quantitative estimate of drug-likeness (QED) is 0.296. The minimum atomic E-state index is -0.328. The monoisotopic (exact) mass is 522 g/mol. The van der Waals surface area contributed by atoms with Gasteiger partial charge in [-0.15, -0.1) is 5.10 Å². The molecule has 8 nitrogen and oxygen atoms in total. The predicted octanol–water partition coefficient (Wildman–Crippen LogP) is 5.47. The van der Waals surface area contributed by atoms with Crippen LogP contribution < -0.4 is 10.6 Å². The number of anilines is 3. The van der Waals surface area contributed by atoms with E-state index in [0.29, 0.717) is 22.8 Å². The second kappa shape index (κ2) is 10.7. The molecule has 0 aliphatic rings. The number of carbonyl (C=O) groups excluding carboxylic acids is 2. The zero-order chi connectivity index (χ0) is 27.5. The maximum Gasteiger partial charge on any atom is 0.253 e. The average molecular weight is 523 g/mol. The van der Waals surface area contributed by atoms with Crippen LogP contribution in [0.25, 0.3) is 16.8 Å². The molecule has 0 saturated heterocycles. The van der Waals surface area contributed by atoms with Crippen molar-refractivity contribution in [1.29, 1.82) is 0 Å². The van der Waals surface area contributed by atoms with Crippen LogP contribution in [-0.2, 0) is 11.2 Å². The molecule has 0 bridgehead atoms. The summed E-state index contributed by atoms with van der Waals surface area (Å²) >= 11 is 0. The Balaban J connectivity index is 1.27. The summed E-state index contributed by atoms with van der Waals surface area (Å²) in [6.45, 7) is 1.93. The second-order valence-electron chi connectivity index (χ2n) is 9.44. The molecule has 0 atom stereocenters. The van der Waals surface area contributed by atoms with Gasteiger partial charge in [0, 0.05) is 42.8 Å². The smallest absolute Gasteiger partial charge is 0.253 e. The number of halogens is 1. The number of hydrogen-bond acceptors (Lipinski definition) is 5. The molecule has 0 fully saturated rings. The Labute approximate surface area is 225 Å². The number of pyridine rings is 1. The lowest BCUT2D eigenvalue weighted by Gasteiger charge is -2.12. The maximum absolute atomic E-state index is 13.1. The van der Waals surface area contributed by atoms with E-state index in [1.807, 2.05) is 61.7 Å². The van der Waals surface area contributed by atoms with Crippen LogP contribution in [0.4, 0.5) is 21.7 Å². The van der Waals surface area contributed by atoms with Gasteiger partial charge in [0.05, 0.1) is 6.42 Å². The van der Waals surface area contributed by atoms with Crippen molar-refractivity contribution < 1.29 is 14.0 Å². The number of carbonyl (C=O) groups is 2. The van der Waals surface area contributed by atoms with Crippen molar-refractivity contribution in [3.05, 3.63) is 108 Å². The van der Waals surface area contributed by atoms with Gasteiger partial charge in [0.25, 0.3) is 5.91 Å². The van der Waals surface area contributed by atoms with Crippen LogP contribution in [0.5, 0.6) is 0 Å². The van der Waals surface area contributed by atoms with Gasteiger partial charge in [-0.3, -0.25) is 9.59 Å². The molecule has 2 heterocycles. The van der Waals surface area contributed by atoms with Gasteiger partial charge in [0.1, 0.15) is 5.82 Å². The number of nitrogens with one attached hydrogen (secondary N) is 2. The summed E-state index contributed by atoms with van der Waals surface area (Å²) in [5, 5.41) is 10.7. The fourth-order valence-electron chi connectivity index (χ4n) is 4.16. The molecule has 196 valence electrons. The van der Waals surface area contributed by atoms with Crippen molar-refractivity contribution in [3.63, 3.8) is 0 Å². The minimum Gasteiger partial charge on any atom is -0.345 e. The van der Waals surface area contributed by atoms with E-state index in [-0.39, 0.29) is 24.1 Å². The van der Waals surface area contributed by atoms with E-state index >= 15 is 0 Å². The first-order valence-electron chi connectivity index (χ1n) is 12.4. The van der Waals surface area contributed by atoms with Gasteiger partial charge >= 0.3 is 0 Å². The van der Waals surface area contributed by atoms with Crippen LogP contribution in [0.3, 0.4) is 0 Å². The Morgan fingerprint density at radius 3 is 2.33 bits per heavy atom. The molecule has 0 radical (unpaired) electrons. The molecule has 0 spiro atoms. The molecule has 39 heavy (non-hydrogen) atoms. The molecule has 5 rings (SSSR count). The van der Waals surface area contributed by atoms with E-state index < -0.39 is 0 Å². The number of rotatable bonds is 7. The van der Waals surface area contributed by atoms with E-state index in [1.54, 1.807) is 41.7 Å². The van der Waals surface area contributed by atoms with Crippen molar-refractivity contribution in [3.8, 4) is 11.1 Å². The Hall–Kier alpha value is -5.05. The molecule has 0 saturated carbocycles. The zero-order valence-corrected chi connectivity index (χ0v) is 21.8. The molecular formula is C30H27FN6O2. The molecule has 9 heteroatoms. The maximum atomic E-state index is 13.1. The van der Waals surface area contributed by atoms with Gasteiger partial charge in [0.2, 0.25) is 11.9 Å². The molecule has 5 aromatic rings. The molecule has 3 aromatic carbocycles. The van der Waals surface area contributed by atoms with Crippen molar-refractivity contribution in [2.75, 3.05) is 24.7 Å². The highest BCUT2D eigenvalue weighted by Crippen LogP contribution is 2.24. The van der Waals surface area contributed by atoms with Crippen LogP contribution in [0, 0.1) is 12.7 Å². The first-order chi connectivity index (χ1) is 18.7. The van der Waals surface area contributed by atoms with E-state index in [2.05, 4.69) is 20.7 Å². The van der Waals surface area contributed by atoms with E-state index in [1.165, 1.54) is 12.1 Å². The average Bonchev–Trinajstić information content (AvgIpc) is 3.32. The molecular weight excluding hydrogens is 495 g/mol. The summed E-state index contributed by atoms with van der Waals surface area (Å²) in [6.07, 6.45) is 2.06. The second-order valence-corrected chi connectivity index (χ2v) is 9.44. The number of fused-ring (bicyclic) bond motifs is 1. The highest BCUT2D eigenvalue weighted by molar-refractivity contribution is 5.94. The number of aryl methyl sites for hydroxylation is 1. The lowest BCUT2D eigenvalue weighted by Crippen LogP contribution is -2.21. The van der Waals surface area contributed by atoms with Crippen molar-refractivity contribution >= 4 is 34.8 Å². The van der Waals surface area contributed by atoms with Gasteiger partial charge < -0.3 is 15.5 Å². The third kappa shape index (κ3) is 5.93. The fourth-order valence-corrected chi connectivity index (χ4v) is 4.16. The predicted molar refractivity (Wildman–Crippen MR) is 150 cm³/mol. The Morgan fingerprint density at radius 1 is 0.923 bits per heavy atom. The van der Waals surface area contributed by atoms with E-state index in [0.717, 1.165) is 27.9 Å². The molecule has 0 aliphatic carbocycles. The summed E-state index contributed by atoms with van der Waals surface area (Å²) in [5.41, 5.74) is 6.34. The summed E-state index contributed by atoms with van der Waals surface area (Å²) in [6, 6.07) is 22.7. The molecule has 0 aliphatic heterocycles. The van der Waals surface area contributed by atoms with Crippen LogP contribution >= 0.6 is 0 Å². The highest BCUT2D eigenvalue weighted by atomic mass is 19.1. The van der Waals surface area contributed by atoms with Crippen LogP contribution in [-0.4, -0.2) is 45.4 Å². The molecule has 2 N–H and O–H groups in total. The number of nitrogens with zero attached hydrogens (tertiary/aromatic N) is 4. The largest absolute Gasteiger partial charge is 0.345 e. The Bertz CT molecular complexity index is 1660. The van der Waals surface area contributed by atoms with Crippen molar-refractivity contribution in [1.82, 2.24) is 19.5 Å². The summed E-state index contributed by atoms with van der Waals surface area (Å²) < 4.78 is 14.8. The third-order valence-corrected chi connectivity index (χ3v) is 6.24. The lowest BCUT2D eigenvalue weighted by atomic mass is 10.1. The Morgan fingerprint density at radius 2 is 1.64 bits per heavy atom. The van der Waals surface area contributed by atoms with E-state index in [9.17, 15) is 14.0 Å². The van der Waals surface area contributed by atoms with Gasteiger partial charge in [0.15, 0.2) is 5.65 Å². The molecule has 2 amide bonds. The Kier molecular flexibility index (Phi) is 7.05. The first kappa shape index (κ1) is 25.6.